The lowest BCUT2D eigenvalue weighted by atomic mass is 9.83. The van der Waals surface area contributed by atoms with Gasteiger partial charge in [0.1, 0.15) is 0 Å². The van der Waals surface area contributed by atoms with E-state index >= 15 is 0 Å². The van der Waals surface area contributed by atoms with Crippen LogP contribution >= 0.6 is 31.9 Å². The van der Waals surface area contributed by atoms with E-state index in [4.69, 9.17) is 0 Å². The molecule has 0 bridgehead atoms. The molecular formula is C84H44Br2. The summed E-state index contributed by atoms with van der Waals surface area (Å²) < 4.78 is 2.23. The van der Waals surface area contributed by atoms with Gasteiger partial charge in [0.2, 0.25) is 0 Å². The molecule has 0 aromatic heterocycles. The van der Waals surface area contributed by atoms with Gasteiger partial charge in [-0.25, -0.2) is 0 Å². The minimum absolute atomic E-state index is 1.11. The van der Waals surface area contributed by atoms with Gasteiger partial charge in [-0.3, -0.25) is 0 Å². The van der Waals surface area contributed by atoms with E-state index in [-0.39, 0.29) is 0 Å². The maximum absolute atomic E-state index is 4.00. The fourth-order valence-corrected chi connectivity index (χ4v) is 17.3. The van der Waals surface area contributed by atoms with E-state index in [1.54, 1.807) is 0 Å². The summed E-state index contributed by atoms with van der Waals surface area (Å²) in [6.07, 6.45) is 0. The highest BCUT2D eigenvalue weighted by Gasteiger charge is 2.29. The Morgan fingerprint density at radius 1 is 0.140 bits per heavy atom. The molecule has 0 aliphatic rings. The van der Waals surface area contributed by atoms with Gasteiger partial charge >= 0.3 is 0 Å². The Labute approximate surface area is 510 Å². The zero-order chi connectivity index (χ0) is 56.2. The van der Waals surface area contributed by atoms with Crippen LogP contribution in [0.15, 0.2) is 276 Å². The number of halogens is 2. The van der Waals surface area contributed by atoms with Crippen molar-refractivity contribution < 1.29 is 0 Å². The van der Waals surface area contributed by atoms with Gasteiger partial charge in [-0.05, 0) is 231 Å². The van der Waals surface area contributed by atoms with Crippen LogP contribution < -0.4 is 0 Å². The molecule has 0 heterocycles. The highest BCUT2D eigenvalue weighted by molar-refractivity contribution is 9.11. The molecule has 2 heteroatoms. The van der Waals surface area contributed by atoms with Gasteiger partial charge in [-0.2, -0.15) is 0 Å². The van der Waals surface area contributed by atoms with Crippen molar-refractivity contribution in [1.82, 2.24) is 0 Å². The molecular weight excluding hydrogens is 1170 g/mol. The molecule has 0 amide bonds. The minimum atomic E-state index is 1.11. The summed E-state index contributed by atoms with van der Waals surface area (Å²) in [5, 5.41) is 36.3. The first kappa shape index (κ1) is 47.4. The van der Waals surface area contributed by atoms with Crippen LogP contribution in [0.25, 0.3) is 206 Å². The van der Waals surface area contributed by atoms with E-state index in [0.717, 1.165) is 8.95 Å². The molecule has 394 valence electrons. The average Bonchev–Trinajstić information content (AvgIpc) is 1.57. The third-order valence-corrected chi connectivity index (χ3v) is 21.1. The van der Waals surface area contributed by atoms with Crippen molar-refractivity contribution in [1.29, 1.82) is 0 Å². The maximum Gasteiger partial charge on any atom is 0.0254 e. The second kappa shape index (κ2) is 17.3. The average molecular weight is 1210 g/mol. The van der Waals surface area contributed by atoms with Crippen molar-refractivity contribution in [3.8, 4) is 55.6 Å². The molecule has 0 atom stereocenters. The van der Waals surface area contributed by atoms with E-state index in [1.807, 2.05) is 0 Å². The van der Waals surface area contributed by atoms with Gasteiger partial charge in [0.15, 0.2) is 0 Å². The first-order chi connectivity index (χ1) is 42.6. The number of fused-ring (bicyclic) bond motifs is 16. The van der Waals surface area contributed by atoms with Gasteiger partial charge in [-0.1, -0.05) is 275 Å². The van der Waals surface area contributed by atoms with Crippen LogP contribution in [0.3, 0.4) is 0 Å². The first-order valence-corrected chi connectivity index (χ1v) is 31.3. The molecule has 0 aliphatic heterocycles. The first-order valence-electron chi connectivity index (χ1n) is 29.7. The van der Waals surface area contributed by atoms with Crippen molar-refractivity contribution in [2.45, 2.75) is 0 Å². The minimum Gasteiger partial charge on any atom is -0.0622 e. The Morgan fingerprint density at radius 3 is 0.826 bits per heavy atom. The molecule has 20 aromatic carbocycles. The maximum atomic E-state index is 4.00. The molecule has 20 rings (SSSR count). The normalized spacial score (nSPS) is 12.5. The summed E-state index contributed by atoms with van der Waals surface area (Å²) in [7, 11) is 0. The molecule has 0 nitrogen and oxygen atoms in total. The van der Waals surface area contributed by atoms with Gasteiger partial charge < -0.3 is 0 Å². The molecule has 20 aromatic rings. The van der Waals surface area contributed by atoms with E-state index in [1.165, 1.54) is 206 Å². The fraction of sp³-hybridized carbons (Fsp3) is 0. The molecule has 0 N–H and O–H groups in total. The Hall–Kier alpha value is -9.96. The lowest BCUT2D eigenvalue weighted by Gasteiger charge is -2.19. The standard InChI is InChI=1S/C84H44Br2/c85-69-41-39-63-78-58(69)26-14-30-62(78)84-74(80-60-28-12-24-56-51-19-7-9-21-53(51)65(76(56)60)43-67(80)71(81(63)84)47-15-3-1-4-16-47)50-37-33-46(34-38-50)45-31-35-49(36-32-45)72-68-44-66-54-22-10-8-20-52(54)55-23-11-27-59(75(55)66)79(68)73(48-17-5-2-6-18-48)83-61-29-13-25-57-70(86)42-40-64(77(57)61)82(72)83/h1-44H. The van der Waals surface area contributed by atoms with Crippen LogP contribution in [0.2, 0.25) is 0 Å². The third-order valence-electron chi connectivity index (χ3n) is 19.7. The smallest absolute Gasteiger partial charge is 0.0254 e. The zero-order valence-corrected chi connectivity index (χ0v) is 49.3. The van der Waals surface area contributed by atoms with Gasteiger partial charge in [0.05, 0.1) is 0 Å². The van der Waals surface area contributed by atoms with Crippen molar-refractivity contribution in [2.75, 3.05) is 0 Å². The lowest BCUT2D eigenvalue weighted by molar-refractivity contribution is 1.61. The van der Waals surface area contributed by atoms with Gasteiger partial charge in [0.25, 0.3) is 0 Å². The van der Waals surface area contributed by atoms with Crippen LogP contribution in [0, 0.1) is 0 Å². The van der Waals surface area contributed by atoms with Crippen LogP contribution in [0.1, 0.15) is 0 Å². The van der Waals surface area contributed by atoms with Gasteiger partial charge in [0, 0.05) is 8.95 Å². The van der Waals surface area contributed by atoms with E-state index in [0.29, 0.717) is 0 Å². The van der Waals surface area contributed by atoms with Crippen LogP contribution in [0.5, 0.6) is 0 Å². The molecule has 0 spiro atoms. The summed E-state index contributed by atoms with van der Waals surface area (Å²) in [6.45, 7) is 0. The summed E-state index contributed by atoms with van der Waals surface area (Å²) in [4.78, 5) is 0. The van der Waals surface area contributed by atoms with E-state index in [2.05, 4.69) is 299 Å². The Bertz CT molecular complexity index is 6280. The van der Waals surface area contributed by atoms with E-state index < -0.39 is 0 Å². The molecule has 0 radical (unpaired) electrons. The van der Waals surface area contributed by atoms with Crippen LogP contribution in [0.4, 0.5) is 0 Å². The topological polar surface area (TPSA) is 0 Å². The lowest BCUT2D eigenvalue weighted by Crippen LogP contribution is -1.92. The highest BCUT2D eigenvalue weighted by atomic mass is 79.9. The molecule has 0 saturated heterocycles. The SMILES string of the molecule is Brc1ccc2c3c(-c4ccc(-c5ccc(-c6c7c(cc8c9ccccc9c9cccc7c98)c(-c7ccccc7)c7c8ccc(Br)c9cccc(c67)c98)cc5)cc4)c4cc5c6ccccc6c6cccc(c4c(-c4ccccc4)c3c3cccc1c23)c65. The number of rotatable bonds is 5. The quantitative estimate of drug-likeness (QED) is 0.151. The summed E-state index contributed by atoms with van der Waals surface area (Å²) in [5.41, 5.74) is 12.4. The second-order valence-electron chi connectivity index (χ2n) is 23.8. The Morgan fingerprint density at radius 2 is 0.407 bits per heavy atom. The third kappa shape index (κ3) is 6.12. The molecule has 0 unspecified atom stereocenters. The molecule has 0 fully saturated rings. The number of hydrogen-bond donors (Lipinski definition) is 0. The van der Waals surface area contributed by atoms with E-state index in [9.17, 15) is 0 Å². The molecule has 86 heavy (non-hydrogen) atoms. The molecule has 0 aliphatic carbocycles. The predicted molar refractivity (Wildman–Crippen MR) is 379 cm³/mol. The van der Waals surface area contributed by atoms with Gasteiger partial charge in [-0.15, -0.1) is 0 Å². The highest BCUT2D eigenvalue weighted by Crippen LogP contribution is 2.58. The zero-order valence-electron chi connectivity index (χ0n) is 46.2. The van der Waals surface area contributed by atoms with Crippen molar-refractivity contribution in [2.24, 2.45) is 0 Å². The van der Waals surface area contributed by atoms with Crippen molar-refractivity contribution in [3.63, 3.8) is 0 Å². The second-order valence-corrected chi connectivity index (χ2v) is 25.5. The predicted octanol–water partition coefficient (Wildman–Crippen LogP) is 25.4. The Balaban J connectivity index is 0.845. The van der Waals surface area contributed by atoms with Crippen LogP contribution in [-0.4, -0.2) is 0 Å². The van der Waals surface area contributed by atoms with Crippen LogP contribution in [-0.2, 0) is 0 Å². The Kier molecular flexibility index (Phi) is 9.56. The molecule has 0 saturated carbocycles. The van der Waals surface area contributed by atoms with Crippen molar-refractivity contribution >= 4 is 183 Å². The summed E-state index contributed by atoms with van der Waals surface area (Å²) >= 11 is 8.00. The number of benzene rings is 16. The largest absolute Gasteiger partial charge is 0.0622 e. The fourth-order valence-electron chi connectivity index (χ4n) is 16.4. The van der Waals surface area contributed by atoms with Crippen molar-refractivity contribution in [3.05, 3.63) is 276 Å². The summed E-state index contributed by atoms with van der Waals surface area (Å²) in [6, 6.07) is 101. The monoisotopic (exact) mass is 1210 g/mol. The summed E-state index contributed by atoms with van der Waals surface area (Å²) in [5.74, 6) is 0. The number of hydrogen-bond acceptors (Lipinski definition) is 0.